The highest BCUT2D eigenvalue weighted by Gasteiger charge is 2.60. The van der Waals surface area contributed by atoms with E-state index in [0.717, 1.165) is 32.1 Å². The van der Waals surface area contributed by atoms with Gasteiger partial charge in [0.1, 0.15) is 6.10 Å². The second-order valence-corrected chi connectivity index (χ2v) is 7.99. The van der Waals surface area contributed by atoms with Crippen molar-refractivity contribution in [1.29, 1.82) is 5.26 Å². The Bertz CT molecular complexity index is 493. The molecule has 5 nitrogen and oxygen atoms in total. The van der Waals surface area contributed by atoms with E-state index in [1.165, 1.54) is 6.92 Å². The van der Waals surface area contributed by atoms with Crippen LogP contribution in [-0.4, -0.2) is 40.8 Å². The molecule has 2 bridgehead atoms. The van der Waals surface area contributed by atoms with Crippen LogP contribution in [0.4, 0.5) is 0 Å². The van der Waals surface area contributed by atoms with Crippen LogP contribution in [-0.2, 0) is 19.0 Å². The van der Waals surface area contributed by atoms with E-state index in [0.29, 0.717) is 0 Å². The predicted molar refractivity (Wildman–Crippen MR) is 82.4 cm³/mol. The lowest BCUT2D eigenvalue weighted by Gasteiger charge is -2.45. The lowest BCUT2D eigenvalue weighted by atomic mass is 9.77. The molecule has 2 aliphatic heterocycles. The molecule has 0 aromatic rings. The summed E-state index contributed by atoms with van der Waals surface area (Å²) in [6.07, 6.45) is 4.06. The molecule has 3 rings (SSSR count). The molecule has 0 N–H and O–H groups in total. The highest BCUT2D eigenvalue weighted by molar-refractivity contribution is 9.09. The molecule has 1 spiro atoms. The van der Waals surface area contributed by atoms with E-state index in [-0.39, 0.29) is 46.7 Å². The summed E-state index contributed by atoms with van der Waals surface area (Å²) >= 11 is 3.66. The average molecular weight is 372 g/mol. The van der Waals surface area contributed by atoms with Gasteiger partial charge in [0.2, 0.25) is 0 Å². The van der Waals surface area contributed by atoms with E-state index in [1.54, 1.807) is 0 Å². The third kappa shape index (κ3) is 2.91. The molecule has 6 heteroatoms. The molecule has 7 atom stereocenters. The fourth-order valence-electron chi connectivity index (χ4n) is 4.13. The number of carbonyl (C=O) groups excluding carboxylic acids is 1. The number of nitrogens with zero attached hydrogens (tertiary/aromatic N) is 1. The summed E-state index contributed by atoms with van der Waals surface area (Å²) in [7, 11) is 0. The lowest BCUT2D eigenvalue weighted by molar-refractivity contribution is -0.168. The van der Waals surface area contributed by atoms with Crippen LogP contribution in [0.5, 0.6) is 0 Å². The fourth-order valence-corrected chi connectivity index (χ4v) is 5.12. The first-order valence-electron chi connectivity index (χ1n) is 7.97. The van der Waals surface area contributed by atoms with Crippen LogP contribution in [0.25, 0.3) is 0 Å². The summed E-state index contributed by atoms with van der Waals surface area (Å²) in [5.74, 6) is -0.265. The van der Waals surface area contributed by atoms with Crippen molar-refractivity contribution in [2.75, 3.05) is 0 Å². The van der Waals surface area contributed by atoms with Gasteiger partial charge in [-0.3, -0.25) is 4.79 Å². The molecule has 1 saturated carbocycles. The van der Waals surface area contributed by atoms with Gasteiger partial charge in [0.25, 0.3) is 0 Å². The summed E-state index contributed by atoms with van der Waals surface area (Å²) in [6, 6.07) is 2.28. The highest BCUT2D eigenvalue weighted by atomic mass is 79.9. The number of hydrogen-bond donors (Lipinski definition) is 0. The van der Waals surface area contributed by atoms with Crippen LogP contribution in [0.3, 0.4) is 0 Å². The van der Waals surface area contributed by atoms with Crippen LogP contribution >= 0.6 is 15.9 Å². The first-order valence-corrected chi connectivity index (χ1v) is 8.89. The number of rotatable bonds is 3. The second kappa shape index (κ2) is 6.10. The highest BCUT2D eigenvalue weighted by Crippen LogP contribution is 2.51. The maximum atomic E-state index is 11.3. The molecule has 22 heavy (non-hydrogen) atoms. The Hall–Kier alpha value is -0.640. The molecule has 1 aliphatic carbocycles. The predicted octanol–water partition coefficient (Wildman–Crippen LogP) is 2.71. The molecule has 3 fully saturated rings. The van der Waals surface area contributed by atoms with Crippen molar-refractivity contribution in [3.05, 3.63) is 0 Å². The Kier molecular flexibility index (Phi) is 4.50. The van der Waals surface area contributed by atoms with Gasteiger partial charge in [-0.2, -0.15) is 5.26 Å². The Labute approximate surface area is 139 Å². The number of fused-ring (bicyclic) bond motifs is 1. The molecule has 122 valence electrons. The lowest BCUT2D eigenvalue weighted by Crippen LogP contribution is -2.53. The smallest absolute Gasteiger partial charge is 0.303 e. The van der Waals surface area contributed by atoms with E-state index < -0.39 is 0 Å². The molecule has 2 heterocycles. The Balaban J connectivity index is 1.71. The van der Waals surface area contributed by atoms with Crippen molar-refractivity contribution in [2.24, 2.45) is 5.92 Å². The number of alkyl halides is 1. The molecule has 4 unspecified atom stereocenters. The third-order valence-electron chi connectivity index (χ3n) is 5.03. The molecule has 0 amide bonds. The van der Waals surface area contributed by atoms with E-state index in [1.807, 2.05) is 6.92 Å². The standard InChI is InChI=1S/C16H22BrNO4/c1-9(8-18)5-11-3-4-14-16(22-11)6-12(17)15(20-10(2)19)13(7-16)21-14/h9,11-15H,3-7H2,1-2H3/t9-,11?,12?,13-,14?,15-,16?/m1/s1. The zero-order valence-electron chi connectivity index (χ0n) is 13.0. The van der Waals surface area contributed by atoms with Crippen molar-refractivity contribution >= 4 is 21.9 Å². The van der Waals surface area contributed by atoms with E-state index in [9.17, 15) is 4.79 Å². The van der Waals surface area contributed by atoms with E-state index in [2.05, 4.69) is 22.0 Å². The number of halogens is 1. The quantitative estimate of drug-likeness (QED) is 0.563. The molecular weight excluding hydrogens is 350 g/mol. The normalized spacial score (nSPS) is 44.7. The monoisotopic (exact) mass is 371 g/mol. The van der Waals surface area contributed by atoms with E-state index >= 15 is 0 Å². The number of esters is 1. The Morgan fingerprint density at radius 1 is 1.50 bits per heavy atom. The average Bonchev–Trinajstić information content (AvgIpc) is 2.76. The summed E-state index contributed by atoms with van der Waals surface area (Å²) in [4.78, 5) is 11.3. The Morgan fingerprint density at radius 3 is 2.95 bits per heavy atom. The number of ether oxygens (including phenoxy) is 3. The summed E-state index contributed by atoms with van der Waals surface area (Å²) < 4.78 is 18.0. The van der Waals surface area contributed by atoms with Gasteiger partial charge in [-0.15, -0.1) is 0 Å². The van der Waals surface area contributed by atoms with Crippen LogP contribution in [0.2, 0.25) is 0 Å². The first-order chi connectivity index (χ1) is 10.4. The summed E-state index contributed by atoms with van der Waals surface area (Å²) in [5.41, 5.74) is -0.284. The van der Waals surface area contributed by atoms with Gasteiger partial charge < -0.3 is 14.2 Å². The maximum Gasteiger partial charge on any atom is 0.303 e. The molecule has 2 saturated heterocycles. The van der Waals surface area contributed by atoms with Crippen LogP contribution in [0.15, 0.2) is 0 Å². The van der Waals surface area contributed by atoms with Gasteiger partial charge in [-0.25, -0.2) is 0 Å². The molecule has 0 radical (unpaired) electrons. The van der Waals surface area contributed by atoms with Crippen LogP contribution in [0, 0.1) is 17.2 Å². The van der Waals surface area contributed by atoms with Crippen molar-refractivity contribution in [3.8, 4) is 6.07 Å². The van der Waals surface area contributed by atoms with E-state index in [4.69, 9.17) is 19.5 Å². The van der Waals surface area contributed by atoms with Gasteiger partial charge >= 0.3 is 5.97 Å². The first kappa shape index (κ1) is 16.2. The van der Waals surface area contributed by atoms with Crippen molar-refractivity contribution in [3.63, 3.8) is 0 Å². The number of nitriles is 1. The van der Waals surface area contributed by atoms with Crippen LogP contribution < -0.4 is 0 Å². The topological polar surface area (TPSA) is 68.5 Å². The second-order valence-electron chi connectivity index (χ2n) is 6.81. The van der Waals surface area contributed by atoms with Crippen LogP contribution in [0.1, 0.15) is 46.0 Å². The Morgan fingerprint density at radius 2 is 2.27 bits per heavy atom. The molecule has 0 aromatic heterocycles. The van der Waals surface area contributed by atoms with Crippen molar-refractivity contribution < 1.29 is 19.0 Å². The van der Waals surface area contributed by atoms with Gasteiger partial charge in [0.15, 0.2) is 0 Å². The van der Waals surface area contributed by atoms with Crippen molar-refractivity contribution in [1.82, 2.24) is 0 Å². The third-order valence-corrected chi connectivity index (χ3v) is 5.87. The number of hydrogen-bond acceptors (Lipinski definition) is 5. The molecular formula is C16H22BrNO4. The zero-order valence-corrected chi connectivity index (χ0v) is 14.5. The summed E-state index contributed by atoms with van der Waals surface area (Å²) in [6.45, 7) is 3.37. The molecule has 0 aromatic carbocycles. The SMILES string of the molecule is CC(=O)O[C@@H]1C(Br)CC23C[C@H]1OC2CCC(C[C@@H](C)C#N)O3. The zero-order chi connectivity index (χ0) is 15.9. The van der Waals surface area contributed by atoms with Gasteiger partial charge in [-0.1, -0.05) is 15.9 Å². The van der Waals surface area contributed by atoms with Gasteiger partial charge in [0.05, 0.1) is 34.8 Å². The largest absolute Gasteiger partial charge is 0.459 e. The minimum absolute atomic E-state index is 0.00761. The molecule has 3 aliphatic rings. The number of carbonyl (C=O) groups is 1. The van der Waals surface area contributed by atoms with Crippen molar-refractivity contribution in [2.45, 2.75) is 80.8 Å². The maximum absolute atomic E-state index is 11.3. The van der Waals surface area contributed by atoms with Gasteiger partial charge in [0, 0.05) is 19.3 Å². The van der Waals surface area contributed by atoms with Gasteiger partial charge in [-0.05, 0) is 32.6 Å². The minimum Gasteiger partial charge on any atom is -0.459 e. The summed E-state index contributed by atoms with van der Waals surface area (Å²) in [5, 5.41) is 9.00. The minimum atomic E-state index is -0.284. The fraction of sp³-hybridized carbons (Fsp3) is 0.875.